The highest BCUT2D eigenvalue weighted by Crippen LogP contribution is 2.43. The highest BCUT2D eigenvalue weighted by Gasteiger charge is 2.48. The summed E-state index contributed by atoms with van der Waals surface area (Å²) < 4.78 is 0. The summed E-state index contributed by atoms with van der Waals surface area (Å²) in [6.07, 6.45) is 5.11. The first-order valence-corrected chi connectivity index (χ1v) is 7.30. The van der Waals surface area contributed by atoms with Crippen molar-refractivity contribution in [3.8, 4) is 0 Å². The fourth-order valence-electron chi connectivity index (χ4n) is 3.63. The summed E-state index contributed by atoms with van der Waals surface area (Å²) in [4.78, 5) is 6.87. The molecule has 3 rings (SSSR count). The van der Waals surface area contributed by atoms with Crippen molar-refractivity contribution in [1.82, 2.24) is 0 Å². The molecule has 0 aromatic heterocycles. The third-order valence-electron chi connectivity index (χ3n) is 4.90. The fraction of sp³-hybridized carbons (Fsp3) is 0.562. The lowest BCUT2D eigenvalue weighted by atomic mass is 9.73. The minimum absolute atomic E-state index is 0.123. The number of anilines is 1. The molecule has 1 aliphatic heterocycles. The van der Waals surface area contributed by atoms with Gasteiger partial charge in [-0.25, -0.2) is 0 Å². The van der Waals surface area contributed by atoms with Crippen molar-refractivity contribution in [2.75, 3.05) is 11.4 Å². The molecule has 3 heteroatoms. The Morgan fingerprint density at radius 2 is 2.00 bits per heavy atom. The molecular formula is C16H23N3. The van der Waals surface area contributed by atoms with Crippen LogP contribution in [0.25, 0.3) is 0 Å². The summed E-state index contributed by atoms with van der Waals surface area (Å²) in [5.74, 6) is 1.34. The van der Waals surface area contributed by atoms with Crippen LogP contribution in [0.3, 0.4) is 0 Å². The van der Waals surface area contributed by atoms with Crippen molar-refractivity contribution in [3.05, 3.63) is 29.8 Å². The van der Waals surface area contributed by atoms with E-state index in [0.29, 0.717) is 11.9 Å². The number of guanidine groups is 1. The minimum Gasteiger partial charge on any atom is -0.369 e. The highest BCUT2D eigenvalue weighted by molar-refractivity contribution is 5.98. The van der Waals surface area contributed by atoms with Crippen LogP contribution in [0.4, 0.5) is 5.69 Å². The number of hydrogen-bond acceptors (Lipinski definition) is 3. The molecule has 0 saturated heterocycles. The van der Waals surface area contributed by atoms with Gasteiger partial charge in [0.25, 0.3) is 0 Å². The molecule has 1 spiro atoms. The lowest BCUT2D eigenvalue weighted by molar-refractivity contribution is 0.224. The molecule has 1 saturated carbocycles. The summed E-state index contributed by atoms with van der Waals surface area (Å²) in [5, 5.41) is 0. The zero-order valence-corrected chi connectivity index (χ0v) is 11.9. The van der Waals surface area contributed by atoms with Gasteiger partial charge in [-0.05, 0) is 37.8 Å². The normalized spacial score (nSPS) is 30.7. The number of rotatable bonds is 1. The van der Waals surface area contributed by atoms with Gasteiger partial charge in [-0.15, -0.1) is 0 Å². The summed E-state index contributed by atoms with van der Waals surface area (Å²) in [5.41, 5.74) is 8.79. The predicted molar refractivity (Wildman–Crippen MR) is 80.5 cm³/mol. The van der Waals surface area contributed by atoms with Crippen LogP contribution in [-0.2, 0) is 0 Å². The molecule has 19 heavy (non-hydrogen) atoms. The molecule has 0 radical (unpaired) electrons. The van der Waals surface area contributed by atoms with Gasteiger partial charge in [0.2, 0.25) is 0 Å². The topological polar surface area (TPSA) is 41.6 Å². The van der Waals surface area contributed by atoms with Gasteiger partial charge in [0.15, 0.2) is 5.96 Å². The maximum atomic E-state index is 6.19. The lowest BCUT2D eigenvalue weighted by Crippen LogP contribution is -2.57. The molecule has 1 fully saturated rings. The zero-order chi connectivity index (χ0) is 13.5. The Kier molecular flexibility index (Phi) is 3.00. The third kappa shape index (κ3) is 1.92. The molecule has 2 atom stereocenters. The maximum absolute atomic E-state index is 6.19. The second-order valence-electron chi connectivity index (χ2n) is 6.10. The van der Waals surface area contributed by atoms with Gasteiger partial charge in [0.05, 0.1) is 12.1 Å². The molecular weight excluding hydrogens is 234 g/mol. The standard InChI is InChI=1S/C16H23N3/c1-12-6-8-14(9-7-12)19-15(17)18-11-16(19)10-4-3-5-13(16)2/h6-9,13H,3-5,10-11H2,1-2H3,(H2,17,18). The molecule has 102 valence electrons. The number of aryl methyl sites for hydroxylation is 1. The van der Waals surface area contributed by atoms with E-state index in [0.717, 1.165) is 6.54 Å². The van der Waals surface area contributed by atoms with E-state index in [4.69, 9.17) is 5.73 Å². The van der Waals surface area contributed by atoms with E-state index in [9.17, 15) is 0 Å². The second kappa shape index (κ2) is 4.55. The highest BCUT2D eigenvalue weighted by atomic mass is 15.4. The van der Waals surface area contributed by atoms with Gasteiger partial charge in [0.1, 0.15) is 0 Å². The van der Waals surface area contributed by atoms with Gasteiger partial charge >= 0.3 is 0 Å². The van der Waals surface area contributed by atoms with Crippen molar-refractivity contribution in [2.24, 2.45) is 16.6 Å². The van der Waals surface area contributed by atoms with E-state index in [2.05, 4.69) is 48.0 Å². The third-order valence-corrected chi connectivity index (χ3v) is 4.90. The Bertz CT molecular complexity index is 491. The summed E-state index contributed by atoms with van der Waals surface area (Å²) >= 11 is 0. The van der Waals surface area contributed by atoms with E-state index in [1.54, 1.807) is 0 Å². The van der Waals surface area contributed by atoms with Gasteiger partial charge < -0.3 is 10.6 Å². The second-order valence-corrected chi connectivity index (χ2v) is 6.10. The minimum atomic E-state index is 0.123. The van der Waals surface area contributed by atoms with Gasteiger partial charge in [-0.1, -0.05) is 37.5 Å². The van der Waals surface area contributed by atoms with Crippen LogP contribution >= 0.6 is 0 Å². The smallest absolute Gasteiger partial charge is 0.196 e. The molecule has 2 N–H and O–H groups in total. The number of nitrogens with two attached hydrogens (primary N) is 1. The number of benzene rings is 1. The first kappa shape index (κ1) is 12.5. The summed E-state index contributed by atoms with van der Waals surface area (Å²) in [7, 11) is 0. The molecule has 1 aromatic rings. The summed E-state index contributed by atoms with van der Waals surface area (Å²) in [6.45, 7) is 5.33. The van der Waals surface area contributed by atoms with E-state index in [1.165, 1.54) is 36.9 Å². The van der Waals surface area contributed by atoms with Crippen LogP contribution in [-0.4, -0.2) is 18.0 Å². The fourth-order valence-corrected chi connectivity index (χ4v) is 3.63. The average Bonchev–Trinajstić information content (AvgIpc) is 2.73. The lowest BCUT2D eigenvalue weighted by Gasteiger charge is -2.46. The van der Waals surface area contributed by atoms with E-state index in [1.807, 2.05) is 0 Å². The number of aliphatic imine (C=N–C) groups is 1. The SMILES string of the molecule is Cc1ccc(N2C(N)=NCC23CCCCC3C)cc1. The zero-order valence-electron chi connectivity index (χ0n) is 11.9. The van der Waals surface area contributed by atoms with Crippen LogP contribution in [0.15, 0.2) is 29.3 Å². The monoisotopic (exact) mass is 257 g/mol. The van der Waals surface area contributed by atoms with Crippen LogP contribution in [0.1, 0.15) is 38.2 Å². The van der Waals surface area contributed by atoms with Crippen LogP contribution in [0.5, 0.6) is 0 Å². The Morgan fingerprint density at radius 3 is 2.68 bits per heavy atom. The van der Waals surface area contributed by atoms with Crippen LogP contribution in [0.2, 0.25) is 0 Å². The molecule has 1 aliphatic carbocycles. The molecule has 2 unspecified atom stereocenters. The van der Waals surface area contributed by atoms with Gasteiger partial charge in [-0.3, -0.25) is 4.99 Å². The van der Waals surface area contributed by atoms with Gasteiger partial charge in [0, 0.05) is 5.69 Å². The van der Waals surface area contributed by atoms with E-state index < -0.39 is 0 Å². The van der Waals surface area contributed by atoms with Crippen LogP contribution in [0, 0.1) is 12.8 Å². The predicted octanol–water partition coefficient (Wildman–Crippen LogP) is 3.08. The molecule has 1 aromatic carbocycles. The van der Waals surface area contributed by atoms with Crippen molar-refractivity contribution >= 4 is 11.6 Å². The molecule has 0 bridgehead atoms. The summed E-state index contributed by atoms with van der Waals surface area (Å²) in [6, 6.07) is 8.66. The molecule has 3 nitrogen and oxygen atoms in total. The van der Waals surface area contributed by atoms with Crippen molar-refractivity contribution in [3.63, 3.8) is 0 Å². The van der Waals surface area contributed by atoms with Crippen molar-refractivity contribution < 1.29 is 0 Å². The largest absolute Gasteiger partial charge is 0.369 e. The Morgan fingerprint density at radius 1 is 1.26 bits per heavy atom. The first-order chi connectivity index (χ1) is 9.13. The van der Waals surface area contributed by atoms with Crippen molar-refractivity contribution in [1.29, 1.82) is 0 Å². The molecule has 0 amide bonds. The Hall–Kier alpha value is -1.51. The Labute approximate surface area is 115 Å². The van der Waals surface area contributed by atoms with Crippen LogP contribution < -0.4 is 10.6 Å². The number of nitrogens with zero attached hydrogens (tertiary/aromatic N) is 2. The average molecular weight is 257 g/mol. The quantitative estimate of drug-likeness (QED) is 0.840. The number of hydrogen-bond donors (Lipinski definition) is 1. The first-order valence-electron chi connectivity index (χ1n) is 7.30. The maximum Gasteiger partial charge on any atom is 0.196 e. The molecule has 1 heterocycles. The van der Waals surface area contributed by atoms with E-state index >= 15 is 0 Å². The van der Waals surface area contributed by atoms with E-state index in [-0.39, 0.29) is 5.54 Å². The van der Waals surface area contributed by atoms with Gasteiger partial charge in [-0.2, -0.15) is 0 Å². The van der Waals surface area contributed by atoms with Crippen molar-refractivity contribution in [2.45, 2.75) is 45.1 Å². The Balaban J connectivity index is 2.00. The molecule has 2 aliphatic rings.